The van der Waals surface area contributed by atoms with Crippen molar-refractivity contribution in [2.24, 2.45) is 7.05 Å². The molecule has 1 atom stereocenters. The molecule has 5 nitrogen and oxygen atoms in total. The molecule has 3 heterocycles. The summed E-state index contributed by atoms with van der Waals surface area (Å²) >= 11 is 0. The number of morpholine rings is 1. The van der Waals surface area contributed by atoms with E-state index in [0.717, 1.165) is 17.0 Å². The topological polar surface area (TPSA) is 39.4 Å². The number of hydrogen-bond acceptors (Lipinski definition) is 2. The number of rotatable bonds is 3. The van der Waals surface area contributed by atoms with E-state index in [0.29, 0.717) is 25.8 Å². The molecule has 0 saturated carbocycles. The highest BCUT2D eigenvalue weighted by Gasteiger charge is 2.32. The van der Waals surface area contributed by atoms with E-state index >= 15 is 0 Å². The Hall–Kier alpha value is -2.01. The molecule has 23 heavy (non-hydrogen) atoms. The van der Waals surface area contributed by atoms with Gasteiger partial charge in [0, 0.05) is 43.4 Å². The minimum Gasteiger partial charge on any atom is -0.377 e. The number of ether oxygens (including phenoxy) is 1. The Balaban J connectivity index is 1.92. The van der Waals surface area contributed by atoms with Gasteiger partial charge in [-0.15, -0.1) is 0 Å². The van der Waals surface area contributed by atoms with Crippen molar-refractivity contribution in [2.75, 3.05) is 19.8 Å². The third kappa shape index (κ3) is 2.81. The Morgan fingerprint density at radius 2 is 2.09 bits per heavy atom. The van der Waals surface area contributed by atoms with Gasteiger partial charge in [0.05, 0.1) is 24.8 Å². The standard InChI is InChI=1S/C18H25N3O2/c1-13(2)20-9-7-15(14(20)3)18(22)21-10-11-23-12-17(21)16-6-5-8-19(16)4/h5-9,13,17H,10-12H2,1-4H3. The van der Waals surface area contributed by atoms with Crippen LogP contribution in [0.1, 0.15) is 47.7 Å². The average molecular weight is 315 g/mol. The van der Waals surface area contributed by atoms with Gasteiger partial charge >= 0.3 is 0 Å². The molecular weight excluding hydrogens is 290 g/mol. The zero-order valence-electron chi connectivity index (χ0n) is 14.3. The monoisotopic (exact) mass is 315 g/mol. The Kier molecular flexibility index (Phi) is 4.31. The first-order valence-electron chi connectivity index (χ1n) is 8.18. The third-order valence-electron chi connectivity index (χ3n) is 4.68. The lowest BCUT2D eigenvalue weighted by Gasteiger charge is -2.36. The van der Waals surface area contributed by atoms with Crippen LogP contribution in [0.15, 0.2) is 30.6 Å². The predicted octanol–water partition coefficient (Wildman–Crippen LogP) is 2.93. The van der Waals surface area contributed by atoms with Crippen LogP contribution in [-0.4, -0.2) is 39.7 Å². The fourth-order valence-corrected chi connectivity index (χ4v) is 3.38. The minimum absolute atomic E-state index is 0.0296. The smallest absolute Gasteiger partial charge is 0.256 e. The second kappa shape index (κ2) is 6.24. The highest BCUT2D eigenvalue weighted by Crippen LogP contribution is 2.27. The van der Waals surface area contributed by atoms with Gasteiger partial charge in [0.25, 0.3) is 5.91 Å². The molecule has 124 valence electrons. The molecule has 5 heteroatoms. The van der Waals surface area contributed by atoms with Gasteiger partial charge in [0.2, 0.25) is 0 Å². The van der Waals surface area contributed by atoms with Crippen LogP contribution in [0.5, 0.6) is 0 Å². The van der Waals surface area contributed by atoms with Crippen molar-refractivity contribution in [3.8, 4) is 0 Å². The summed E-state index contributed by atoms with van der Waals surface area (Å²) in [6.07, 6.45) is 4.01. The molecule has 1 saturated heterocycles. The highest BCUT2D eigenvalue weighted by atomic mass is 16.5. The van der Waals surface area contributed by atoms with Crippen molar-refractivity contribution < 1.29 is 9.53 Å². The summed E-state index contributed by atoms with van der Waals surface area (Å²) in [5.41, 5.74) is 2.93. The molecule has 1 unspecified atom stereocenters. The van der Waals surface area contributed by atoms with Gasteiger partial charge in [0.1, 0.15) is 0 Å². The van der Waals surface area contributed by atoms with Crippen LogP contribution in [0, 0.1) is 6.92 Å². The molecule has 0 aliphatic carbocycles. The number of aryl methyl sites for hydroxylation is 1. The van der Waals surface area contributed by atoms with Crippen LogP contribution in [-0.2, 0) is 11.8 Å². The second-order valence-electron chi connectivity index (χ2n) is 6.45. The van der Waals surface area contributed by atoms with E-state index in [4.69, 9.17) is 4.74 Å². The summed E-state index contributed by atoms with van der Waals surface area (Å²) in [4.78, 5) is 15.1. The van der Waals surface area contributed by atoms with Gasteiger partial charge in [-0.3, -0.25) is 4.79 Å². The fraction of sp³-hybridized carbons (Fsp3) is 0.500. The van der Waals surface area contributed by atoms with Gasteiger partial charge in [0.15, 0.2) is 0 Å². The molecule has 0 aromatic carbocycles. The number of amides is 1. The zero-order valence-corrected chi connectivity index (χ0v) is 14.3. The van der Waals surface area contributed by atoms with Crippen molar-refractivity contribution in [1.29, 1.82) is 0 Å². The molecule has 1 amide bonds. The minimum atomic E-state index is -0.0296. The van der Waals surface area contributed by atoms with Crippen LogP contribution >= 0.6 is 0 Å². The Labute approximate surface area is 137 Å². The lowest BCUT2D eigenvalue weighted by Crippen LogP contribution is -2.44. The van der Waals surface area contributed by atoms with Gasteiger partial charge in [-0.2, -0.15) is 0 Å². The largest absolute Gasteiger partial charge is 0.377 e. The van der Waals surface area contributed by atoms with Crippen molar-refractivity contribution in [3.63, 3.8) is 0 Å². The summed E-state index contributed by atoms with van der Waals surface area (Å²) in [6, 6.07) is 6.33. The maximum Gasteiger partial charge on any atom is 0.256 e. The van der Waals surface area contributed by atoms with Crippen LogP contribution in [0.25, 0.3) is 0 Å². The molecular formula is C18H25N3O2. The molecule has 3 rings (SSSR count). The first kappa shape index (κ1) is 15.9. The number of aromatic nitrogens is 2. The highest BCUT2D eigenvalue weighted by molar-refractivity contribution is 5.95. The molecule has 0 spiro atoms. The normalized spacial score (nSPS) is 18.7. The van der Waals surface area contributed by atoms with E-state index in [9.17, 15) is 4.79 Å². The molecule has 0 N–H and O–H groups in total. The summed E-state index contributed by atoms with van der Waals surface area (Å²) in [7, 11) is 2.01. The maximum atomic E-state index is 13.1. The van der Waals surface area contributed by atoms with Gasteiger partial charge in [-0.1, -0.05) is 0 Å². The summed E-state index contributed by atoms with van der Waals surface area (Å²) < 4.78 is 9.84. The first-order valence-corrected chi connectivity index (χ1v) is 8.18. The maximum absolute atomic E-state index is 13.1. The second-order valence-corrected chi connectivity index (χ2v) is 6.45. The number of carbonyl (C=O) groups is 1. The molecule has 1 aliphatic rings. The first-order chi connectivity index (χ1) is 11.0. The van der Waals surface area contributed by atoms with Crippen LogP contribution in [0.2, 0.25) is 0 Å². The molecule has 0 radical (unpaired) electrons. The van der Waals surface area contributed by atoms with Crippen LogP contribution in [0.3, 0.4) is 0 Å². The SMILES string of the molecule is Cc1c(C(=O)N2CCOCC2c2cccn2C)ccn1C(C)C. The molecule has 2 aromatic rings. The van der Waals surface area contributed by atoms with Gasteiger partial charge < -0.3 is 18.8 Å². The summed E-state index contributed by atoms with van der Waals surface area (Å²) in [6.45, 7) is 8.04. The molecule has 1 fully saturated rings. The van der Waals surface area contributed by atoms with E-state index in [-0.39, 0.29) is 11.9 Å². The van der Waals surface area contributed by atoms with Crippen LogP contribution < -0.4 is 0 Å². The fourth-order valence-electron chi connectivity index (χ4n) is 3.38. The van der Waals surface area contributed by atoms with Gasteiger partial charge in [-0.05, 0) is 39.0 Å². The van der Waals surface area contributed by atoms with E-state index < -0.39 is 0 Å². The molecule has 2 aromatic heterocycles. The van der Waals surface area contributed by atoms with E-state index in [1.54, 1.807) is 0 Å². The van der Waals surface area contributed by atoms with Crippen molar-refractivity contribution in [1.82, 2.24) is 14.0 Å². The van der Waals surface area contributed by atoms with Crippen molar-refractivity contribution in [3.05, 3.63) is 47.5 Å². The van der Waals surface area contributed by atoms with Crippen molar-refractivity contribution in [2.45, 2.75) is 32.9 Å². The van der Waals surface area contributed by atoms with E-state index in [2.05, 4.69) is 29.0 Å². The average Bonchev–Trinajstić information content (AvgIpc) is 3.12. The number of carbonyl (C=O) groups excluding carboxylic acids is 1. The van der Waals surface area contributed by atoms with Crippen molar-refractivity contribution >= 4 is 5.91 Å². The lowest BCUT2D eigenvalue weighted by atomic mass is 10.1. The number of nitrogens with zero attached hydrogens (tertiary/aromatic N) is 3. The molecule has 0 bridgehead atoms. The molecule has 1 aliphatic heterocycles. The Bertz CT molecular complexity index is 699. The summed E-state index contributed by atoms with van der Waals surface area (Å²) in [5.74, 6) is 0.0939. The summed E-state index contributed by atoms with van der Waals surface area (Å²) in [5, 5.41) is 0. The quantitative estimate of drug-likeness (QED) is 0.873. The lowest BCUT2D eigenvalue weighted by molar-refractivity contribution is -0.00467. The number of hydrogen-bond donors (Lipinski definition) is 0. The Morgan fingerprint density at radius 3 is 2.70 bits per heavy atom. The van der Waals surface area contributed by atoms with Gasteiger partial charge in [-0.25, -0.2) is 0 Å². The zero-order chi connectivity index (χ0) is 16.6. The van der Waals surface area contributed by atoms with E-state index in [1.807, 2.05) is 43.4 Å². The predicted molar refractivity (Wildman–Crippen MR) is 89.6 cm³/mol. The Morgan fingerprint density at radius 1 is 1.30 bits per heavy atom. The van der Waals surface area contributed by atoms with E-state index in [1.165, 1.54) is 0 Å². The van der Waals surface area contributed by atoms with Crippen LogP contribution in [0.4, 0.5) is 0 Å². The third-order valence-corrected chi connectivity index (χ3v) is 4.68.